The number of carbonyl (C=O) groups is 5. The molecule has 1 aliphatic rings. The summed E-state index contributed by atoms with van der Waals surface area (Å²) in [7, 11) is 3.73. The summed E-state index contributed by atoms with van der Waals surface area (Å²) in [6.45, 7) is 11.8. The molecule has 7 atom stereocenters. The van der Waals surface area contributed by atoms with Crippen molar-refractivity contribution in [2.45, 2.75) is 117 Å². The standard InChI is InChI=1S/C39H59N5O7S/c1-9-24(4)30(20-34(46)32-12-10-11-17-43(32)7)38(48)44(8)33(23(2)3)21-35(51-26(6)45)37-42-31(22-52-37)36(47)41-29(18-25(5)39(49)50)19-27-13-15-28(40)16-14-27/h13-16,22-25,29-30,32-33,35H,9-12,17-21,40H2,1-8H3,(H,41,47)(H,49,50)/t24-,25-,29+,30-,32+,33+,35+/m0/s1. The van der Waals surface area contributed by atoms with Gasteiger partial charge in [-0.1, -0.05) is 59.6 Å². The number of carbonyl (C=O) groups excluding carboxylic acids is 4. The van der Waals surface area contributed by atoms with Crippen molar-refractivity contribution in [2.75, 3.05) is 26.4 Å². The number of thiazole rings is 1. The molecule has 1 saturated heterocycles. The third-order valence-corrected chi connectivity index (χ3v) is 11.4. The maximum Gasteiger partial charge on any atom is 0.306 e. The van der Waals surface area contributed by atoms with E-state index < -0.39 is 41.8 Å². The van der Waals surface area contributed by atoms with Gasteiger partial charge in [-0.3, -0.25) is 28.9 Å². The number of hydrogen-bond donors (Lipinski definition) is 3. The number of ether oxygens (including phenoxy) is 1. The second-order valence-corrected chi connectivity index (χ2v) is 15.8. The summed E-state index contributed by atoms with van der Waals surface area (Å²) in [5.74, 6) is -3.17. The van der Waals surface area contributed by atoms with Crippen LogP contribution in [0, 0.1) is 23.7 Å². The van der Waals surface area contributed by atoms with Gasteiger partial charge in [0.15, 0.2) is 11.9 Å². The first kappa shape index (κ1) is 42.6. The van der Waals surface area contributed by atoms with Crippen LogP contribution >= 0.6 is 11.3 Å². The molecular weight excluding hydrogens is 683 g/mol. The van der Waals surface area contributed by atoms with E-state index in [1.54, 1.807) is 36.4 Å². The van der Waals surface area contributed by atoms with Gasteiger partial charge in [0.05, 0.1) is 12.0 Å². The Kier molecular flexibility index (Phi) is 16.2. The molecule has 3 rings (SSSR count). The van der Waals surface area contributed by atoms with Crippen molar-refractivity contribution in [1.29, 1.82) is 0 Å². The first-order valence-corrected chi connectivity index (χ1v) is 19.4. The Morgan fingerprint density at radius 2 is 1.77 bits per heavy atom. The Hall–Kier alpha value is -3.84. The Bertz CT molecular complexity index is 1510. The van der Waals surface area contributed by atoms with E-state index in [1.807, 2.05) is 46.9 Å². The zero-order chi connectivity index (χ0) is 38.7. The molecule has 13 heteroatoms. The molecule has 1 fully saturated rings. The number of aromatic nitrogens is 1. The molecule has 2 heterocycles. The average Bonchev–Trinajstić information content (AvgIpc) is 3.59. The molecule has 0 unspecified atom stereocenters. The molecule has 0 bridgehead atoms. The number of nitrogens with one attached hydrogen (secondary N) is 1. The minimum atomic E-state index is -0.959. The predicted molar refractivity (Wildman–Crippen MR) is 203 cm³/mol. The number of hydrogen-bond acceptors (Lipinski definition) is 10. The average molecular weight is 742 g/mol. The van der Waals surface area contributed by atoms with Crippen molar-refractivity contribution in [3.8, 4) is 0 Å². The molecule has 1 aliphatic heterocycles. The first-order valence-electron chi connectivity index (χ1n) is 18.5. The lowest BCUT2D eigenvalue weighted by atomic mass is 9.83. The number of aliphatic carboxylic acids is 1. The van der Waals surface area contributed by atoms with Crippen LogP contribution in [0.15, 0.2) is 29.6 Å². The smallest absolute Gasteiger partial charge is 0.306 e. The van der Waals surface area contributed by atoms with E-state index in [4.69, 9.17) is 10.5 Å². The second-order valence-electron chi connectivity index (χ2n) is 14.9. The van der Waals surface area contributed by atoms with E-state index >= 15 is 0 Å². The molecule has 0 radical (unpaired) electrons. The molecule has 52 heavy (non-hydrogen) atoms. The number of benzene rings is 1. The van der Waals surface area contributed by atoms with E-state index in [0.717, 1.165) is 37.8 Å². The lowest BCUT2D eigenvalue weighted by Crippen LogP contribution is -2.48. The maximum absolute atomic E-state index is 14.2. The molecule has 1 aromatic heterocycles. The van der Waals surface area contributed by atoms with Crippen molar-refractivity contribution in [2.24, 2.45) is 23.7 Å². The van der Waals surface area contributed by atoms with Gasteiger partial charge >= 0.3 is 11.9 Å². The number of ketones is 1. The molecule has 2 amide bonds. The minimum Gasteiger partial charge on any atom is -0.481 e. The number of nitrogens with two attached hydrogens (primary N) is 1. The summed E-state index contributed by atoms with van der Waals surface area (Å²) in [6, 6.07) is 6.17. The number of rotatable bonds is 19. The highest BCUT2D eigenvalue weighted by molar-refractivity contribution is 7.09. The highest BCUT2D eigenvalue weighted by Crippen LogP contribution is 2.33. The molecule has 2 aromatic rings. The minimum absolute atomic E-state index is 0.00718. The number of carboxylic acids is 1. The highest BCUT2D eigenvalue weighted by atomic mass is 32.1. The first-order chi connectivity index (χ1) is 24.5. The quantitative estimate of drug-likeness (QED) is 0.119. The monoisotopic (exact) mass is 741 g/mol. The molecule has 0 aliphatic carbocycles. The topological polar surface area (TPSA) is 172 Å². The van der Waals surface area contributed by atoms with Gasteiger partial charge in [0.1, 0.15) is 10.7 Å². The summed E-state index contributed by atoms with van der Waals surface area (Å²) >= 11 is 1.18. The third kappa shape index (κ3) is 12.1. The van der Waals surface area contributed by atoms with E-state index in [1.165, 1.54) is 18.3 Å². The Morgan fingerprint density at radius 3 is 2.35 bits per heavy atom. The summed E-state index contributed by atoms with van der Waals surface area (Å²) < 4.78 is 5.78. The fraction of sp³-hybridized carbons (Fsp3) is 0.641. The van der Waals surface area contributed by atoms with Gasteiger partial charge < -0.3 is 25.8 Å². The van der Waals surface area contributed by atoms with Crippen LogP contribution in [0.25, 0.3) is 0 Å². The molecule has 12 nitrogen and oxygen atoms in total. The number of carboxylic acid groups (broad SMARTS) is 1. The molecule has 0 spiro atoms. The van der Waals surface area contributed by atoms with Gasteiger partial charge in [-0.2, -0.15) is 0 Å². The molecule has 1 aromatic carbocycles. The van der Waals surface area contributed by atoms with Gasteiger partial charge in [-0.15, -0.1) is 11.3 Å². The van der Waals surface area contributed by atoms with Crippen LogP contribution < -0.4 is 11.1 Å². The number of nitrogen functional groups attached to an aromatic ring is 1. The molecule has 0 saturated carbocycles. The highest BCUT2D eigenvalue weighted by Gasteiger charge is 2.37. The van der Waals surface area contributed by atoms with Crippen LogP contribution in [-0.4, -0.2) is 88.2 Å². The van der Waals surface area contributed by atoms with Crippen LogP contribution in [0.1, 0.15) is 114 Å². The number of Topliss-reactive ketones (excluding diaryl/α,β-unsaturated/α-hetero) is 1. The van der Waals surface area contributed by atoms with Crippen LogP contribution in [0.2, 0.25) is 0 Å². The number of likely N-dealkylation sites (N-methyl/N-ethyl adjacent to an activating group) is 1. The van der Waals surface area contributed by atoms with Crippen LogP contribution in [0.3, 0.4) is 0 Å². The van der Waals surface area contributed by atoms with Gasteiger partial charge in [-0.05, 0) is 68.8 Å². The van der Waals surface area contributed by atoms with Crippen LogP contribution in [0.4, 0.5) is 5.69 Å². The number of esters is 1. The number of amides is 2. The van der Waals surface area contributed by atoms with Crippen LogP contribution in [-0.2, 0) is 30.3 Å². The van der Waals surface area contributed by atoms with Crippen LogP contribution in [0.5, 0.6) is 0 Å². The van der Waals surface area contributed by atoms with Crippen molar-refractivity contribution in [1.82, 2.24) is 20.1 Å². The van der Waals surface area contributed by atoms with Crippen molar-refractivity contribution in [3.05, 3.63) is 45.9 Å². The van der Waals surface area contributed by atoms with Gasteiger partial charge in [0.25, 0.3) is 5.91 Å². The Morgan fingerprint density at radius 1 is 1.10 bits per heavy atom. The number of likely N-dealkylation sites (tertiary alicyclic amines) is 1. The molecular formula is C39H59N5O7S. The normalized spacial score (nSPS) is 18.4. The van der Waals surface area contributed by atoms with E-state index in [0.29, 0.717) is 17.1 Å². The maximum atomic E-state index is 14.2. The Balaban J connectivity index is 1.81. The van der Waals surface area contributed by atoms with Crippen molar-refractivity contribution < 1.29 is 33.8 Å². The number of anilines is 1. The summed E-state index contributed by atoms with van der Waals surface area (Å²) in [5, 5.41) is 14.5. The van der Waals surface area contributed by atoms with E-state index in [9.17, 15) is 29.1 Å². The lowest BCUT2D eigenvalue weighted by Gasteiger charge is -2.37. The number of piperidine rings is 1. The largest absolute Gasteiger partial charge is 0.481 e. The van der Waals surface area contributed by atoms with Crippen molar-refractivity contribution >= 4 is 46.6 Å². The summed E-state index contributed by atoms with van der Waals surface area (Å²) in [4.78, 5) is 73.7. The zero-order valence-corrected chi connectivity index (χ0v) is 32.9. The predicted octanol–water partition coefficient (Wildman–Crippen LogP) is 5.76. The van der Waals surface area contributed by atoms with E-state index in [2.05, 4.69) is 15.2 Å². The summed E-state index contributed by atoms with van der Waals surface area (Å²) in [6.07, 6.45) is 3.83. The van der Waals surface area contributed by atoms with Gasteiger partial charge in [0.2, 0.25) is 5.91 Å². The number of nitrogens with zero attached hydrogens (tertiary/aromatic N) is 3. The van der Waals surface area contributed by atoms with Gasteiger partial charge in [0, 0.05) is 55.9 Å². The fourth-order valence-electron chi connectivity index (χ4n) is 7.03. The Labute approximate surface area is 312 Å². The van der Waals surface area contributed by atoms with Gasteiger partial charge in [-0.25, -0.2) is 4.98 Å². The molecule has 4 N–H and O–H groups in total. The summed E-state index contributed by atoms with van der Waals surface area (Å²) in [5.41, 5.74) is 7.44. The fourth-order valence-corrected chi connectivity index (χ4v) is 7.87. The second kappa shape index (κ2) is 19.8. The molecule has 288 valence electrons. The zero-order valence-electron chi connectivity index (χ0n) is 32.1. The SMILES string of the molecule is CC[C@H](C)[C@H](CC(=O)[C@H]1CCCCN1C)C(=O)N(C)[C@H](C[C@@H](OC(C)=O)c1nc(C(=O)N[C@@H](Cc2ccc(N)cc2)C[C@H](C)C(=O)O)cs1)C(C)C. The van der Waals surface area contributed by atoms with Crippen molar-refractivity contribution in [3.63, 3.8) is 0 Å². The third-order valence-electron chi connectivity index (χ3n) is 10.5. The van der Waals surface area contributed by atoms with E-state index in [-0.39, 0.29) is 60.6 Å². The lowest BCUT2D eigenvalue weighted by molar-refractivity contribution is -0.149.